The quantitative estimate of drug-likeness (QED) is 0.668. The van der Waals surface area contributed by atoms with Gasteiger partial charge in [-0.1, -0.05) is 51.4 Å². The number of nitrogens with one attached hydrogen (secondary N) is 1. The van der Waals surface area contributed by atoms with Gasteiger partial charge in [0.15, 0.2) is 0 Å². The zero-order valence-corrected chi connectivity index (χ0v) is 16.2. The fourth-order valence-electron chi connectivity index (χ4n) is 3.13. The SMILES string of the molecule is O=C(NC(c1ccccc1)c1nnc(N2CCCC2)o1)c1ccc(Br)cc1. The van der Waals surface area contributed by atoms with Crippen LogP contribution in [0.1, 0.15) is 40.7 Å². The summed E-state index contributed by atoms with van der Waals surface area (Å²) in [7, 11) is 0. The third-order valence-electron chi connectivity index (χ3n) is 4.57. The standard InChI is InChI=1S/C20H19BrN4O2/c21-16-10-8-15(9-11-16)18(26)22-17(14-6-2-1-3-7-14)19-23-24-20(27-19)25-12-4-5-13-25/h1-3,6-11,17H,4-5,12-13H2,(H,22,26). The first-order chi connectivity index (χ1) is 13.2. The fourth-order valence-corrected chi connectivity index (χ4v) is 3.39. The van der Waals surface area contributed by atoms with Gasteiger partial charge in [-0.2, -0.15) is 0 Å². The molecule has 1 fully saturated rings. The molecule has 1 N–H and O–H groups in total. The van der Waals surface area contributed by atoms with E-state index >= 15 is 0 Å². The smallest absolute Gasteiger partial charge is 0.318 e. The van der Waals surface area contributed by atoms with E-state index in [4.69, 9.17) is 4.42 Å². The van der Waals surface area contributed by atoms with Gasteiger partial charge in [0.05, 0.1) is 0 Å². The summed E-state index contributed by atoms with van der Waals surface area (Å²) in [6.45, 7) is 1.84. The first-order valence-electron chi connectivity index (χ1n) is 8.90. The molecule has 0 bridgehead atoms. The number of benzene rings is 2. The summed E-state index contributed by atoms with van der Waals surface area (Å²) in [5, 5.41) is 11.4. The molecular weight excluding hydrogens is 408 g/mol. The average molecular weight is 427 g/mol. The molecule has 1 aliphatic rings. The summed E-state index contributed by atoms with van der Waals surface area (Å²) in [6, 6.07) is 16.9. The second-order valence-electron chi connectivity index (χ2n) is 6.44. The molecule has 7 heteroatoms. The Kier molecular flexibility index (Phi) is 5.20. The predicted octanol–water partition coefficient (Wildman–Crippen LogP) is 3.95. The molecule has 1 unspecified atom stereocenters. The van der Waals surface area contributed by atoms with Crippen LogP contribution in [0.3, 0.4) is 0 Å². The maximum Gasteiger partial charge on any atom is 0.318 e. The Hall–Kier alpha value is -2.67. The summed E-state index contributed by atoms with van der Waals surface area (Å²) in [5.74, 6) is 0.186. The lowest BCUT2D eigenvalue weighted by atomic mass is 10.1. The summed E-state index contributed by atoms with van der Waals surface area (Å²) < 4.78 is 6.84. The van der Waals surface area contributed by atoms with Crippen LogP contribution in [-0.4, -0.2) is 29.2 Å². The number of amides is 1. The highest BCUT2D eigenvalue weighted by Gasteiger charge is 2.26. The number of hydrogen-bond acceptors (Lipinski definition) is 5. The molecule has 0 aliphatic carbocycles. The van der Waals surface area contributed by atoms with Gasteiger partial charge in [0, 0.05) is 23.1 Å². The van der Waals surface area contributed by atoms with Crippen molar-refractivity contribution >= 4 is 27.9 Å². The summed E-state index contributed by atoms with van der Waals surface area (Å²) >= 11 is 3.38. The maximum absolute atomic E-state index is 12.7. The second kappa shape index (κ2) is 7.92. The normalized spacial score (nSPS) is 14.9. The van der Waals surface area contributed by atoms with E-state index in [1.807, 2.05) is 42.5 Å². The highest BCUT2D eigenvalue weighted by Crippen LogP contribution is 2.26. The molecule has 1 atom stereocenters. The van der Waals surface area contributed by atoms with Gasteiger partial charge in [0.1, 0.15) is 6.04 Å². The lowest BCUT2D eigenvalue weighted by Crippen LogP contribution is -2.29. The Labute approximate surface area is 165 Å². The van der Waals surface area contributed by atoms with Gasteiger partial charge < -0.3 is 14.6 Å². The molecule has 3 aromatic rings. The highest BCUT2D eigenvalue weighted by molar-refractivity contribution is 9.10. The minimum atomic E-state index is -0.508. The molecule has 2 heterocycles. The molecule has 0 spiro atoms. The van der Waals surface area contributed by atoms with Crippen LogP contribution in [0.5, 0.6) is 0 Å². The fraction of sp³-hybridized carbons (Fsp3) is 0.250. The number of carbonyl (C=O) groups excluding carboxylic acids is 1. The Balaban J connectivity index is 1.61. The van der Waals surface area contributed by atoms with E-state index in [2.05, 4.69) is 36.3 Å². The van der Waals surface area contributed by atoms with Crippen molar-refractivity contribution in [1.29, 1.82) is 0 Å². The van der Waals surface area contributed by atoms with Gasteiger partial charge in [-0.05, 0) is 42.7 Å². The first kappa shape index (κ1) is 17.7. The van der Waals surface area contributed by atoms with Crippen molar-refractivity contribution < 1.29 is 9.21 Å². The average Bonchev–Trinajstić information content (AvgIpc) is 3.39. The number of halogens is 1. The minimum absolute atomic E-state index is 0.197. The molecule has 27 heavy (non-hydrogen) atoms. The van der Waals surface area contributed by atoms with Crippen molar-refractivity contribution in [3.05, 3.63) is 76.1 Å². The van der Waals surface area contributed by atoms with Gasteiger partial charge in [-0.3, -0.25) is 4.79 Å². The molecule has 1 aromatic heterocycles. The lowest BCUT2D eigenvalue weighted by Gasteiger charge is -2.16. The zero-order chi connectivity index (χ0) is 18.6. The molecule has 0 radical (unpaired) electrons. The maximum atomic E-state index is 12.7. The van der Waals surface area contributed by atoms with Crippen molar-refractivity contribution in [2.24, 2.45) is 0 Å². The second-order valence-corrected chi connectivity index (χ2v) is 7.36. The molecule has 4 rings (SSSR count). The Morgan fingerprint density at radius 1 is 1.04 bits per heavy atom. The van der Waals surface area contributed by atoms with Crippen molar-refractivity contribution in [3.8, 4) is 0 Å². The molecule has 1 saturated heterocycles. The molecule has 6 nitrogen and oxygen atoms in total. The Bertz CT molecular complexity index is 905. The van der Waals surface area contributed by atoms with Crippen molar-refractivity contribution in [1.82, 2.24) is 15.5 Å². The number of aromatic nitrogens is 2. The topological polar surface area (TPSA) is 71.3 Å². The van der Waals surface area contributed by atoms with E-state index in [1.165, 1.54) is 0 Å². The van der Waals surface area contributed by atoms with Gasteiger partial charge >= 0.3 is 6.01 Å². The Morgan fingerprint density at radius 2 is 1.74 bits per heavy atom. The largest absolute Gasteiger partial charge is 0.405 e. The van der Waals surface area contributed by atoms with Crippen molar-refractivity contribution in [2.45, 2.75) is 18.9 Å². The van der Waals surface area contributed by atoms with Gasteiger partial charge in [0.25, 0.3) is 5.91 Å². The third-order valence-corrected chi connectivity index (χ3v) is 5.10. The third kappa shape index (κ3) is 4.03. The first-order valence-corrected chi connectivity index (χ1v) is 9.70. The molecule has 1 amide bonds. The van der Waals surface area contributed by atoms with E-state index in [0.29, 0.717) is 17.5 Å². The van der Waals surface area contributed by atoms with Gasteiger partial charge in [0.2, 0.25) is 5.89 Å². The molecule has 2 aromatic carbocycles. The highest BCUT2D eigenvalue weighted by atomic mass is 79.9. The predicted molar refractivity (Wildman–Crippen MR) is 106 cm³/mol. The molecule has 0 saturated carbocycles. The summed E-state index contributed by atoms with van der Waals surface area (Å²) in [6.07, 6.45) is 2.25. The van der Waals surface area contributed by atoms with Crippen LogP contribution in [-0.2, 0) is 0 Å². The van der Waals surface area contributed by atoms with Crippen LogP contribution >= 0.6 is 15.9 Å². The summed E-state index contributed by atoms with van der Waals surface area (Å²) in [4.78, 5) is 14.8. The van der Waals surface area contributed by atoms with Crippen LogP contribution in [0.4, 0.5) is 6.01 Å². The van der Waals surface area contributed by atoms with Crippen molar-refractivity contribution in [2.75, 3.05) is 18.0 Å². The van der Waals surface area contributed by atoms with Gasteiger partial charge in [-0.15, -0.1) is 5.10 Å². The molecule has 1 aliphatic heterocycles. The van der Waals surface area contributed by atoms with Crippen LogP contribution in [0, 0.1) is 0 Å². The van der Waals surface area contributed by atoms with E-state index < -0.39 is 6.04 Å². The summed E-state index contributed by atoms with van der Waals surface area (Å²) in [5.41, 5.74) is 1.46. The molecular formula is C20H19BrN4O2. The van der Waals surface area contributed by atoms with Crippen molar-refractivity contribution in [3.63, 3.8) is 0 Å². The number of rotatable bonds is 5. The van der Waals surface area contributed by atoms with E-state index in [1.54, 1.807) is 12.1 Å². The van der Waals surface area contributed by atoms with Crippen LogP contribution < -0.4 is 10.2 Å². The van der Waals surface area contributed by atoms with Crippen LogP contribution in [0.2, 0.25) is 0 Å². The van der Waals surface area contributed by atoms with Gasteiger partial charge in [-0.25, -0.2) is 0 Å². The number of anilines is 1. The number of carbonyl (C=O) groups is 1. The van der Waals surface area contributed by atoms with Crippen LogP contribution in [0.25, 0.3) is 0 Å². The monoisotopic (exact) mass is 426 g/mol. The Morgan fingerprint density at radius 3 is 2.44 bits per heavy atom. The minimum Gasteiger partial charge on any atom is -0.405 e. The number of hydrogen-bond donors (Lipinski definition) is 1. The van der Waals surface area contributed by atoms with E-state index in [9.17, 15) is 4.79 Å². The number of nitrogens with zero attached hydrogens (tertiary/aromatic N) is 3. The van der Waals surface area contributed by atoms with E-state index in [-0.39, 0.29) is 5.91 Å². The lowest BCUT2D eigenvalue weighted by molar-refractivity contribution is 0.0938. The zero-order valence-electron chi connectivity index (χ0n) is 14.6. The molecule has 138 valence electrons. The van der Waals surface area contributed by atoms with Crippen LogP contribution in [0.15, 0.2) is 63.5 Å². The van der Waals surface area contributed by atoms with E-state index in [0.717, 1.165) is 36.0 Å².